The molecule has 0 saturated heterocycles. The lowest BCUT2D eigenvalue weighted by molar-refractivity contribution is -0.119. The number of aromatic nitrogens is 1. The largest absolute Gasteiger partial charge is 0.368 e. The minimum atomic E-state index is -0.735. The highest BCUT2D eigenvalue weighted by atomic mass is 16.2. The Balaban J connectivity index is 2.69. The fourth-order valence-corrected chi connectivity index (χ4v) is 0.955. The molecule has 0 aliphatic rings. The Hall–Kier alpha value is -2.15. The molecule has 0 aliphatic carbocycles. The summed E-state index contributed by atoms with van der Waals surface area (Å²) in [6, 6.07) is 2.34. The number of carbonyl (C=O) groups excluding carboxylic acids is 2. The molecular formula is C9H13N5O2. The lowest BCUT2D eigenvalue weighted by Gasteiger charge is -2.09. The van der Waals surface area contributed by atoms with Crippen LogP contribution < -0.4 is 22.3 Å². The smallest absolute Gasteiger partial charge is 0.270 e. The molecule has 1 unspecified atom stereocenters. The van der Waals surface area contributed by atoms with Crippen LogP contribution in [0.1, 0.15) is 17.4 Å². The minimum absolute atomic E-state index is 0.187. The number of nitrogens with zero attached hydrogens (tertiary/aromatic N) is 1. The van der Waals surface area contributed by atoms with Crippen LogP contribution in [0.4, 0.5) is 5.69 Å². The summed E-state index contributed by atoms with van der Waals surface area (Å²) in [7, 11) is 0. The van der Waals surface area contributed by atoms with Gasteiger partial charge in [-0.2, -0.15) is 0 Å². The standard InChI is InChI=1S/C9H13N5O2/c1-5(8(10)15)13-9(16)7-3-2-6(14-11)4-12-7/h2-5,14H,11H2,1H3,(H2,10,15)(H,13,16). The number of nitrogens with two attached hydrogens (primary N) is 2. The molecular weight excluding hydrogens is 210 g/mol. The van der Waals surface area contributed by atoms with Gasteiger partial charge in [0.15, 0.2) is 0 Å². The zero-order chi connectivity index (χ0) is 12.1. The number of carbonyl (C=O) groups is 2. The van der Waals surface area contributed by atoms with Gasteiger partial charge in [0.1, 0.15) is 11.7 Å². The Labute approximate surface area is 92.2 Å². The van der Waals surface area contributed by atoms with Crippen molar-refractivity contribution >= 4 is 17.5 Å². The first kappa shape index (κ1) is 11.9. The monoisotopic (exact) mass is 223 g/mol. The number of anilines is 1. The predicted molar refractivity (Wildman–Crippen MR) is 58.2 cm³/mol. The van der Waals surface area contributed by atoms with Gasteiger partial charge in [0.2, 0.25) is 5.91 Å². The van der Waals surface area contributed by atoms with Gasteiger partial charge in [0.05, 0.1) is 11.9 Å². The molecule has 0 fully saturated rings. The average Bonchev–Trinajstić information content (AvgIpc) is 2.28. The van der Waals surface area contributed by atoms with Crippen LogP contribution in [-0.2, 0) is 4.79 Å². The fraction of sp³-hybridized carbons (Fsp3) is 0.222. The van der Waals surface area contributed by atoms with Crippen LogP contribution in [0.2, 0.25) is 0 Å². The molecule has 1 atom stereocenters. The molecule has 0 aromatic carbocycles. The highest BCUT2D eigenvalue weighted by Gasteiger charge is 2.14. The molecule has 7 nitrogen and oxygen atoms in total. The first-order chi connectivity index (χ1) is 7.54. The number of nitrogens with one attached hydrogen (secondary N) is 2. The lowest BCUT2D eigenvalue weighted by Crippen LogP contribution is -2.42. The van der Waals surface area contributed by atoms with Crippen molar-refractivity contribution in [1.82, 2.24) is 10.3 Å². The van der Waals surface area contributed by atoms with Gasteiger partial charge in [-0.25, -0.2) is 4.98 Å². The number of hydrogen-bond donors (Lipinski definition) is 4. The molecule has 1 heterocycles. The van der Waals surface area contributed by atoms with Crippen LogP contribution in [0.15, 0.2) is 18.3 Å². The Morgan fingerprint density at radius 3 is 2.56 bits per heavy atom. The first-order valence-corrected chi connectivity index (χ1v) is 4.57. The Morgan fingerprint density at radius 2 is 2.12 bits per heavy atom. The van der Waals surface area contributed by atoms with Crippen molar-refractivity contribution in [2.24, 2.45) is 11.6 Å². The molecule has 0 spiro atoms. The van der Waals surface area contributed by atoms with Gasteiger partial charge in [-0.3, -0.25) is 15.4 Å². The van der Waals surface area contributed by atoms with Gasteiger partial charge in [-0.05, 0) is 19.1 Å². The van der Waals surface area contributed by atoms with E-state index >= 15 is 0 Å². The number of primary amides is 1. The predicted octanol–water partition coefficient (Wildman–Crippen LogP) is -1.03. The van der Waals surface area contributed by atoms with Gasteiger partial charge in [0.25, 0.3) is 5.91 Å². The van der Waals surface area contributed by atoms with Gasteiger partial charge in [-0.15, -0.1) is 0 Å². The van der Waals surface area contributed by atoms with E-state index in [-0.39, 0.29) is 5.69 Å². The summed E-state index contributed by atoms with van der Waals surface area (Å²) in [5.41, 5.74) is 8.16. The summed E-state index contributed by atoms with van der Waals surface area (Å²) in [5.74, 6) is 4.08. The van der Waals surface area contributed by atoms with Crippen molar-refractivity contribution in [3.63, 3.8) is 0 Å². The van der Waals surface area contributed by atoms with E-state index in [1.54, 1.807) is 6.07 Å². The number of amides is 2. The highest BCUT2D eigenvalue weighted by Crippen LogP contribution is 2.03. The van der Waals surface area contributed by atoms with E-state index in [1.807, 2.05) is 0 Å². The van der Waals surface area contributed by atoms with E-state index in [0.29, 0.717) is 5.69 Å². The van der Waals surface area contributed by atoms with Crippen LogP contribution in [0.5, 0.6) is 0 Å². The van der Waals surface area contributed by atoms with Gasteiger partial charge in [-0.1, -0.05) is 0 Å². The maximum absolute atomic E-state index is 11.5. The van der Waals surface area contributed by atoms with Gasteiger partial charge >= 0.3 is 0 Å². The maximum Gasteiger partial charge on any atom is 0.270 e. The maximum atomic E-state index is 11.5. The zero-order valence-electron chi connectivity index (χ0n) is 8.73. The summed E-state index contributed by atoms with van der Waals surface area (Å²) in [6.45, 7) is 1.50. The molecule has 0 bridgehead atoms. The second-order valence-corrected chi connectivity index (χ2v) is 3.17. The SMILES string of the molecule is CC(NC(=O)c1ccc(NN)cn1)C(N)=O. The third-order valence-electron chi connectivity index (χ3n) is 1.94. The van der Waals surface area contributed by atoms with Crippen LogP contribution in [-0.4, -0.2) is 22.8 Å². The second-order valence-electron chi connectivity index (χ2n) is 3.17. The van der Waals surface area contributed by atoms with E-state index in [4.69, 9.17) is 11.6 Å². The Bertz CT molecular complexity index is 389. The number of nitrogen functional groups attached to an aromatic ring is 1. The summed E-state index contributed by atoms with van der Waals surface area (Å²) >= 11 is 0. The van der Waals surface area contributed by atoms with Crippen LogP contribution in [0, 0.1) is 0 Å². The van der Waals surface area contributed by atoms with E-state index in [1.165, 1.54) is 19.2 Å². The van der Waals surface area contributed by atoms with Crippen LogP contribution in [0.25, 0.3) is 0 Å². The molecule has 1 aromatic heterocycles. The second kappa shape index (κ2) is 5.08. The molecule has 86 valence electrons. The van der Waals surface area contributed by atoms with Gasteiger partial charge < -0.3 is 16.5 Å². The third-order valence-corrected chi connectivity index (χ3v) is 1.94. The van der Waals surface area contributed by atoms with Crippen molar-refractivity contribution in [2.45, 2.75) is 13.0 Å². The molecule has 1 rings (SSSR count). The Morgan fingerprint density at radius 1 is 1.44 bits per heavy atom. The molecule has 16 heavy (non-hydrogen) atoms. The molecule has 0 saturated carbocycles. The number of hydrazine groups is 1. The fourth-order valence-electron chi connectivity index (χ4n) is 0.955. The van der Waals surface area contributed by atoms with Crippen LogP contribution >= 0.6 is 0 Å². The van der Waals surface area contributed by atoms with Crippen LogP contribution in [0.3, 0.4) is 0 Å². The van der Waals surface area contributed by atoms with E-state index in [9.17, 15) is 9.59 Å². The van der Waals surface area contributed by atoms with E-state index in [2.05, 4.69) is 15.7 Å². The molecule has 6 N–H and O–H groups in total. The molecule has 0 radical (unpaired) electrons. The summed E-state index contributed by atoms with van der Waals surface area (Å²) in [5, 5.41) is 2.41. The number of hydrogen-bond acceptors (Lipinski definition) is 5. The molecule has 0 aliphatic heterocycles. The highest BCUT2D eigenvalue weighted by molar-refractivity contribution is 5.95. The number of pyridine rings is 1. The normalized spacial score (nSPS) is 11.6. The topological polar surface area (TPSA) is 123 Å². The molecule has 1 aromatic rings. The minimum Gasteiger partial charge on any atom is -0.368 e. The van der Waals surface area contributed by atoms with Crippen molar-refractivity contribution < 1.29 is 9.59 Å². The van der Waals surface area contributed by atoms with Crippen molar-refractivity contribution in [1.29, 1.82) is 0 Å². The Kier molecular flexibility index (Phi) is 3.78. The summed E-state index contributed by atoms with van der Waals surface area (Å²) < 4.78 is 0. The first-order valence-electron chi connectivity index (χ1n) is 4.57. The van der Waals surface area contributed by atoms with Crippen molar-refractivity contribution in [3.05, 3.63) is 24.0 Å². The summed E-state index contributed by atoms with van der Waals surface area (Å²) in [4.78, 5) is 26.1. The zero-order valence-corrected chi connectivity index (χ0v) is 8.73. The van der Waals surface area contributed by atoms with E-state index < -0.39 is 17.9 Å². The lowest BCUT2D eigenvalue weighted by atomic mass is 10.2. The average molecular weight is 223 g/mol. The van der Waals surface area contributed by atoms with E-state index in [0.717, 1.165) is 0 Å². The van der Waals surface area contributed by atoms with Crippen molar-refractivity contribution in [2.75, 3.05) is 5.43 Å². The van der Waals surface area contributed by atoms with Crippen molar-refractivity contribution in [3.8, 4) is 0 Å². The quantitative estimate of drug-likeness (QED) is 0.384. The molecule has 7 heteroatoms. The number of rotatable bonds is 4. The molecule has 2 amide bonds. The third kappa shape index (κ3) is 2.92. The van der Waals surface area contributed by atoms with Gasteiger partial charge in [0, 0.05) is 0 Å². The summed E-state index contributed by atoms with van der Waals surface area (Å²) in [6.07, 6.45) is 1.41.